The molecule has 0 spiro atoms. The minimum atomic E-state index is 0.111. The lowest BCUT2D eigenvalue weighted by atomic mass is 9.89. The van der Waals surface area contributed by atoms with Crippen molar-refractivity contribution in [2.75, 3.05) is 13.6 Å². The summed E-state index contributed by atoms with van der Waals surface area (Å²) in [7, 11) is 1.87. The minimum absolute atomic E-state index is 0.111. The molecule has 0 saturated carbocycles. The second kappa shape index (κ2) is 6.58. The van der Waals surface area contributed by atoms with Gasteiger partial charge in [0, 0.05) is 40.4 Å². The number of rotatable bonds is 0. The molecule has 4 rings (SSSR count). The molecule has 2 aliphatic rings. The van der Waals surface area contributed by atoms with Crippen molar-refractivity contribution >= 4 is 39.0 Å². The molecule has 3 nitrogen and oxygen atoms in total. The number of pyridine rings is 1. The van der Waals surface area contributed by atoms with Crippen molar-refractivity contribution in [3.8, 4) is 0 Å². The number of likely N-dealkylation sites (N-methyl/N-ethyl adjacent to an activating group) is 1. The lowest BCUT2D eigenvalue weighted by Gasteiger charge is -2.27. The monoisotopic (exact) mass is 416 g/mol. The highest BCUT2D eigenvalue weighted by atomic mass is 79.9. The van der Waals surface area contributed by atoms with Gasteiger partial charge in [-0.15, -0.1) is 0 Å². The first-order valence-electron chi connectivity index (χ1n) is 8.47. The Morgan fingerprint density at radius 3 is 2.80 bits per heavy atom. The van der Waals surface area contributed by atoms with E-state index in [1.165, 1.54) is 11.1 Å². The summed E-state index contributed by atoms with van der Waals surface area (Å²) in [5, 5.41) is 0.732. The molecular formula is C20H18BrClN2O. The van der Waals surface area contributed by atoms with E-state index in [0.717, 1.165) is 64.1 Å². The number of hydrogen-bond acceptors (Lipinski definition) is 2. The topological polar surface area (TPSA) is 33.2 Å². The molecule has 128 valence electrons. The predicted molar refractivity (Wildman–Crippen MR) is 104 cm³/mol. The Morgan fingerprint density at radius 2 is 1.96 bits per heavy atom. The number of halogens is 2. The molecule has 0 N–H and O–H groups in total. The van der Waals surface area contributed by atoms with Gasteiger partial charge in [-0.2, -0.15) is 0 Å². The number of piperidine rings is 1. The number of fused-ring (bicyclic) bond motifs is 2. The summed E-state index contributed by atoms with van der Waals surface area (Å²) in [4.78, 5) is 19.4. The molecule has 1 aliphatic heterocycles. The van der Waals surface area contributed by atoms with Gasteiger partial charge in [-0.05, 0) is 76.5 Å². The summed E-state index contributed by atoms with van der Waals surface area (Å²) in [5.41, 5.74) is 6.24. The van der Waals surface area contributed by atoms with E-state index in [-0.39, 0.29) is 5.91 Å². The van der Waals surface area contributed by atoms with Crippen LogP contribution in [-0.2, 0) is 17.6 Å². The van der Waals surface area contributed by atoms with E-state index >= 15 is 0 Å². The van der Waals surface area contributed by atoms with Crippen molar-refractivity contribution < 1.29 is 4.79 Å². The summed E-state index contributed by atoms with van der Waals surface area (Å²) in [6.07, 6.45) is 5.36. The van der Waals surface area contributed by atoms with Crippen LogP contribution in [0.3, 0.4) is 0 Å². The van der Waals surface area contributed by atoms with Crippen molar-refractivity contribution in [1.29, 1.82) is 0 Å². The largest absolute Gasteiger partial charge is 0.342 e. The third-order valence-electron chi connectivity index (χ3n) is 5.00. The van der Waals surface area contributed by atoms with Gasteiger partial charge in [-0.3, -0.25) is 9.78 Å². The molecule has 2 aromatic rings. The molecule has 0 radical (unpaired) electrons. The van der Waals surface area contributed by atoms with Crippen LogP contribution in [0.5, 0.6) is 0 Å². The molecule has 1 aliphatic carbocycles. The Kier molecular flexibility index (Phi) is 4.42. The zero-order valence-electron chi connectivity index (χ0n) is 14.0. The molecule has 5 heteroatoms. The Bertz CT molecular complexity index is 851. The fourth-order valence-corrected chi connectivity index (χ4v) is 4.35. The number of likely N-dealkylation sites (tertiary alicyclic amines) is 1. The third kappa shape index (κ3) is 3.02. The maximum absolute atomic E-state index is 12.9. The van der Waals surface area contributed by atoms with Gasteiger partial charge in [-0.25, -0.2) is 0 Å². The summed E-state index contributed by atoms with van der Waals surface area (Å²) in [5.74, 6) is 0.111. The first-order valence-corrected chi connectivity index (χ1v) is 9.64. The average molecular weight is 418 g/mol. The van der Waals surface area contributed by atoms with Crippen LogP contribution in [0.25, 0.3) is 5.57 Å². The van der Waals surface area contributed by atoms with Gasteiger partial charge >= 0.3 is 0 Å². The normalized spacial score (nSPS) is 20.1. The van der Waals surface area contributed by atoms with Crippen LogP contribution in [0, 0.1) is 0 Å². The number of nitrogens with zero attached hydrogens (tertiary/aromatic N) is 2. The van der Waals surface area contributed by atoms with E-state index in [9.17, 15) is 4.79 Å². The van der Waals surface area contributed by atoms with E-state index in [0.29, 0.717) is 0 Å². The Morgan fingerprint density at radius 1 is 1.16 bits per heavy atom. The van der Waals surface area contributed by atoms with E-state index in [2.05, 4.69) is 22.0 Å². The second-order valence-electron chi connectivity index (χ2n) is 6.65. The highest BCUT2D eigenvalue weighted by Crippen LogP contribution is 2.38. The van der Waals surface area contributed by atoms with Crippen molar-refractivity contribution in [2.24, 2.45) is 0 Å². The van der Waals surface area contributed by atoms with Crippen LogP contribution < -0.4 is 0 Å². The lowest BCUT2D eigenvalue weighted by Crippen LogP contribution is -2.34. The molecule has 0 unspecified atom stereocenters. The highest BCUT2D eigenvalue weighted by molar-refractivity contribution is 9.10. The van der Waals surface area contributed by atoms with E-state index in [1.807, 2.05) is 36.3 Å². The van der Waals surface area contributed by atoms with Gasteiger partial charge in [0.1, 0.15) is 0 Å². The predicted octanol–water partition coefficient (Wildman–Crippen LogP) is 4.65. The summed E-state index contributed by atoms with van der Waals surface area (Å²) < 4.78 is 0.965. The quantitative estimate of drug-likeness (QED) is 0.585. The number of hydrogen-bond donors (Lipinski definition) is 0. The van der Waals surface area contributed by atoms with E-state index in [1.54, 1.807) is 0 Å². The molecule has 0 atom stereocenters. The van der Waals surface area contributed by atoms with Gasteiger partial charge in [0.25, 0.3) is 0 Å². The molecule has 0 bridgehead atoms. The van der Waals surface area contributed by atoms with Crippen LogP contribution in [0.15, 0.2) is 40.5 Å². The lowest BCUT2D eigenvalue weighted by molar-refractivity contribution is -0.127. The van der Waals surface area contributed by atoms with Gasteiger partial charge in [0.15, 0.2) is 0 Å². The summed E-state index contributed by atoms with van der Waals surface area (Å²) in [6.45, 7) is 0.809. The molecule has 1 fully saturated rings. The molecule has 1 amide bonds. The fourth-order valence-electron chi connectivity index (χ4n) is 3.78. The van der Waals surface area contributed by atoms with Gasteiger partial charge in [0.05, 0.1) is 5.69 Å². The molecule has 1 saturated heterocycles. The van der Waals surface area contributed by atoms with Gasteiger partial charge in [-0.1, -0.05) is 17.7 Å². The highest BCUT2D eigenvalue weighted by Gasteiger charge is 2.29. The number of benzene rings is 1. The molecule has 1 aromatic heterocycles. The summed E-state index contributed by atoms with van der Waals surface area (Å²) in [6, 6.07) is 8.09. The van der Waals surface area contributed by atoms with Crippen LogP contribution in [0.4, 0.5) is 0 Å². The van der Waals surface area contributed by atoms with Crippen LogP contribution in [0.1, 0.15) is 35.2 Å². The third-order valence-corrected chi connectivity index (χ3v) is 5.67. The number of aryl methyl sites for hydroxylation is 2. The number of aromatic nitrogens is 1. The first-order chi connectivity index (χ1) is 12.0. The fraction of sp³-hybridized carbons (Fsp3) is 0.300. The zero-order chi connectivity index (χ0) is 17.6. The standard InChI is InChI=1S/C20H18BrClN2O/c1-24-8-2-3-17(20(24)25)18-16-7-6-15(22)10-12(16)4-5-13-9-14(21)11-23-19(13)18/h6-7,9-11H,2-5,8H2,1H3/b18-17+. The Hall–Kier alpha value is -1.65. The van der Waals surface area contributed by atoms with Crippen molar-refractivity contribution in [3.05, 3.63) is 67.9 Å². The smallest absolute Gasteiger partial charge is 0.250 e. The van der Waals surface area contributed by atoms with E-state index < -0.39 is 0 Å². The minimum Gasteiger partial charge on any atom is -0.342 e. The van der Waals surface area contributed by atoms with E-state index in [4.69, 9.17) is 16.6 Å². The van der Waals surface area contributed by atoms with Crippen molar-refractivity contribution in [1.82, 2.24) is 9.88 Å². The molecule has 1 aromatic carbocycles. The number of carbonyl (C=O) groups excluding carboxylic acids is 1. The summed E-state index contributed by atoms with van der Waals surface area (Å²) >= 11 is 9.76. The Balaban J connectivity index is 2.03. The maximum Gasteiger partial charge on any atom is 0.250 e. The SMILES string of the molecule is CN1CCC/C(=C2/c3ccc(Cl)cc3CCc3cc(Br)cnc32)C1=O. The number of carbonyl (C=O) groups is 1. The first kappa shape index (κ1) is 16.8. The maximum atomic E-state index is 12.9. The van der Waals surface area contributed by atoms with Crippen molar-refractivity contribution in [3.63, 3.8) is 0 Å². The van der Waals surface area contributed by atoms with Crippen LogP contribution in [0.2, 0.25) is 5.02 Å². The van der Waals surface area contributed by atoms with Gasteiger partial charge < -0.3 is 4.90 Å². The molecule has 2 heterocycles. The Labute approximate surface area is 160 Å². The zero-order valence-corrected chi connectivity index (χ0v) is 16.3. The number of amides is 1. The van der Waals surface area contributed by atoms with Crippen molar-refractivity contribution in [2.45, 2.75) is 25.7 Å². The molecule has 25 heavy (non-hydrogen) atoms. The second-order valence-corrected chi connectivity index (χ2v) is 8.00. The van der Waals surface area contributed by atoms with Crippen LogP contribution in [-0.4, -0.2) is 29.4 Å². The molecular weight excluding hydrogens is 400 g/mol. The van der Waals surface area contributed by atoms with Gasteiger partial charge in [0.2, 0.25) is 5.91 Å². The van der Waals surface area contributed by atoms with Crippen LogP contribution >= 0.6 is 27.5 Å². The average Bonchev–Trinajstić information content (AvgIpc) is 2.74.